The lowest BCUT2D eigenvalue weighted by molar-refractivity contribution is 0.142. The van der Waals surface area contributed by atoms with Gasteiger partial charge in [-0.1, -0.05) is 0 Å². The Morgan fingerprint density at radius 1 is 1.47 bits per heavy atom. The molecule has 0 spiro atoms. The molecule has 8 heteroatoms. The maximum Gasteiger partial charge on any atom is 0.279 e. The molecular weight excluding hydrogens is 230 g/mol. The Labute approximate surface area is 84.0 Å². The number of primary sulfonamides is 1. The van der Waals surface area contributed by atoms with Crippen LogP contribution in [-0.2, 0) is 10.0 Å². The molecule has 0 aliphatic carbocycles. The molecule has 0 aliphatic heterocycles. The minimum absolute atomic E-state index is 0.100. The molecule has 5 nitrogen and oxygen atoms in total. The van der Waals surface area contributed by atoms with Crippen LogP contribution in [0.2, 0.25) is 0 Å². The molecule has 84 valence electrons. The van der Waals surface area contributed by atoms with Gasteiger partial charge in [-0.2, -0.15) is 0 Å². The lowest BCUT2D eigenvalue weighted by Crippen LogP contribution is -2.21. The van der Waals surface area contributed by atoms with E-state index < -0.39 is 32.6 Å². The van der Waals surface area contributed by atoms with Crippen molar-refractivity contribution >= 4 is 10.0 Å². The van der Waals surface area contributed by atoms with Crippen LogP contribution in [0.1, 0.15) is 17.7 Å². The van der Waals surface area contributed by atoms with E-state index in [1.807, 2.05) is 0 Å². The number of aromatic nitrogens is 1. The van der Waals surface area contributed by atoms with Gasteiger partial charge in [-0.15, -0.1) is 0 Å². The SMILES string of the molecule is Cc1cc(=O)[nH]c(C(F)F)c1S(N)(=O)=O. The maximum atomic E-state index is 12.4. The van der Waals surface area contributed by atoms with E-state index in [9.17, 15) is 22.0 Å². The van der Waals surface area contributed by atoms with Gasteiger partial charge in [0, 0.05) is 6.07 Å². The van der Waals surface area contributed by atoms with Gasteiger partial charge in [0.2, 0.25) is 15.6 Å². The number of nitrogens with two attached hydrogens (primary N) is 1. The van der Waals surface area contributed by atoms with E-state index in [2.05, 4.69) is 0 Å². The molecule has 0 unspecified atom stereocenters. The first-order valence-electron chi connectivity index (χ1n) is 3.78. The summed E-state index contributed by atoms with van der Waals surface area (Å²) in [7, 11) is -4.28. The van der Waals surface area contributed by atoms with Crippen molar-refractivity contribution in [1.82, 2.24) is 4.98 Å². The Bertz CT molecular complexity index is 536. The van der Waals surface area contributed by atoms with Crippen LogP contribution in [0.4, 0.5) is 8.78 Å². The highest BCUT2D eigenvalue weighted by Gasteiger charge is 2.24. The van der Waals surface area contributed by atoms with E-state index >= 15 is 0 Å². The van der Waals surface area contributed by atoms with Crippen LogP contribution >= 0.6 is 0 Å². The van der Waals surface area contributed by atoms with Crippen molar-refractivity contribution < 1.29 is 17.2 Å². The van der Waals surface area contributed by atoms with Crippen molar-refractivity contribution in [2.24, 2.45) is 5.14 Å². The minimum atomic E-state index is -4.28. The van der Waals surface area contributed by atoms with Crippen LogP contribution in [0.5, 0.6) is 0 Å². The van der Waals surface area contributed by atoms with Crippen molar-refractivity contribution in [1.29, 1.82) is 0 Å². The zero-order valence-corrected chi connectivity index (χ0v) is 8.44. The summed E-state index contributed by atoms with van der Waals surface area (Å²) in [5.41, 5.74) is -1.87. The van der Waals surface area contributed by atoms with Crippen molar-refractivity contribution in [3.05, 3.63) is 27.7 Å². The fourth-order valence-corrected chi connectivity index (χ4v) is 2.19. The summed E-state index contributed by atoms with van der Waals surface area (Å²) in [6.45, 7) is 1.22. The second kappa shape index (κ2) is 3.70. The van der Waals surface area contributed by atoms with Crippen molar-refractivity contribution in [3.63, 3.8) is 0 Å². The van der Waals surface area contributed by atoms with Gasteiger partial charge in [-0.25, -0.2) is 22.3 Å². The second-order valence-corrected chi connectivity index (χ2v) is 4.40. The lowest BCUT2D eigenvalue weighted by Gasteiger charge is -2.08. The number of alkyl halides is 2. The third-order valence-electron chi connectivity index (χ3n) is 1.71. The van der Waals surface area contributed by atoms with E-state index in [4.69, 9.17) is 5.14 Å². The zero-order chi connectivity index (χ0) is 11.8. The lowest BCUT2D eigenvalue weighted by atomic mass is 10.2. The summed E-state index contributed by atoms with van der Waals surface area (Å²) in [4.78, 5) is 11.9. The van der Waals surface area contributed by atoms with Crippen LogP contribution in [0.15, 0.2) is 15.8 Å². The number of halogens is 2. The molecule has 15 heavy (non-hydrogen) atoms. The van der Waals surface area contributed by atoms with Gasteiger partial charge in [-0.05, 0) is 12.5 Å². The predicted molar refractivity (Wildman–Crippen MR) is 48.1 cm³/mol. The van der Waals surface area contributed by atoms with Crippen LogP contribution in [0.3, 0.4) is 0 Å². The smallest absolute Gasteiger partial charge is 0.279 e. The summed E-state index contributed by atoms with van der Waals surface area (Å²) < 4.78 is 46.9. The Hall–Kier alpha value is -1.28. The van der Waals surface area contributed by atoms with E-state index in [1.54, 1.807) is 4.98 Å². The van der Waals surface area contributed by atoms with Crippen molar-refractivity contribution in [2.45, 2.75) is 18.2 Å². The minimum Gasteiger partial charge on any atom is -0.320 e. The van der Waals surface area contributed by atoms with Gasteiger partial charge < -0.3 is 4.98 Å². The first-order chi connectivity index (χ1) is 6.73. The number of hydrogen-bond donors (Lipinski definition) is 2. The highest BCUT2D eigenvalue weighted by Crippen LogP contribution is 2.24. The largest absolute Gasteiger partial charge is 0.320 e. The number of sulfonamides is 1. The Kier molecular flexibility index (Phi) is 2.91. The normalized spacial score (nSPS) is 12.1. The molecule has 0 saturated carbocycles. The standard InChI is InChI=1S/C7H8F2N2O3S/c1-3-2-4(12)11-5(7(8)9)6(3)15(10,13)14/h2,7H,1H3,(H,11,12)(H2,10,13,14). The molecule has 1 aromatic heterocycles. The zero-order valence-electron chi connectivity index (χ0n) is 7.62. The predicted octanol–water partition coefficient (Wildman–Crippen LogP) is 0.268. The van der Waals surface area contributed by atoms with E-state index in [1.165, 1.54) is 6.92 Å². The number of aryl methyl sites for hydroxylation is 1. The molecule has 0 saturated heterocycles. The number of hydrogen-bond acceptors (Lipinski definition) is 3. The van der Waals surface area contributed by atoms with Crippen LogP contribution in [0.25, 0.3) is 0 Å². The van der Waals surface area contributed by atoms with Gasteiger partial charge in [0.15, 0.2) is 0 Å². The van der Waals surface area contributed by atoms with E-state index in [-0.39, 0.29) is 5.56 Å². The van der Waals surface area contributed by atoms with Crippen LogP contribution < -0.4 is 10.7 Å². The molecule has 0 aliphatic rings. The molecule has 1 heterocycles. The summed E-state index contributed by atoms with van der Waals surface area (Å²) in [6, 6.07) is 0.894. The number of pyridine rings is 1. The fourth-order valence-electron chi connectivity index (χ4n) is 1.23. The topological polar surface area (TPSA) is 93.0 Å². The van der Waals surface area contributed by atoms with Gasteiger partial charge >= 0.3 is 0 Å². The first kappa shape index (κ1) is 11.8. The molecule has 0 amide bonds. The average Bonchev–Trinajstić information content (AvgIpc) is 1.99. The van der Waals surface area contributed by atoms with Gasteiger partial charge in [0.05, 0.1) is 0 Å². The number of nitrogens with one attached hydrogen (secondary N) is 1. The molecule has 0 radical (unpaired) electrons. The number of aromatic amines is 1. The highest BCUT2D eigenvalue weighted by atomic mass is 32.2. The molecule has 0 bridgehead atoms. The molecule has 1 aromatic rings. The Morgan fingerprint density at radius 3 is 2.40 bits per heavy atom. The monoisotopic (exact) mass is 238 g/mol. The van der Waals surface area contributed by atoms with Crippen molar-refractivity contribution in [2.75, 3.05) is 0 Å². The van der Waals surface area contributed by atoms with Gasteiger partial charge in [-0.3, -0.25) is 4.79 Å². The summed E-state index contributed by atoms with van der Waals surface area (Å²) >= 11 is 0. The average molecular weight is 238 g/mol. The molecule has 0 atom stereocenters. The van der Waals surface area contributed by atoms with Crippen LogP contribution in [0, 0.1) is 6.92 Å². The summed E-state index contributed by atoms with van der Waals surface area (Å²) in [5, 5.41) is 4.76. The number of rotatable bonds is 2. The first-order valence-corrected chi connectivity index (χ1v) is 5.33. The quantitative estimate of drug-likeness (QED) is 0.774. The number of H-pyrrole nitrogens is 1. The van der Waals surface area contributed by atoms with Gasteiger partial charge in [0.1, 0.15) is 10.6 Å². The third-order valence-corrected chi connectivity index (χ3v) is 2.82. The fraction of sp³-hybridized carbons (Fsp3) is 0.286. The second-order valence-electron chi connectivity index (χ2n) is 2.91. The van der Waals surface area contributed by atoms with E-state index in [0.29, 0.717) is 0 Å². The Morgan fingerprint density at radius 2 is 2.00 bits per heavy atom. The van der Waals surface area contributed by atoms with Crippen molar-refractivity contribution in [3.8, 4) is 0 Å². The molecule has 0 fully saturated rings. The molecule has 3 N–H and O–H groups in total. The molecule has 0 aromatic carbocycles. The molecular formula is C7H8F2N2O3S. The highest BCUT2D eigenvalue weighted by molar-refractivity contribution is 7.89. The third kappa shape index (κ3) is 2.39. The Balaban J connectivity index is 3.70. The van der Waals surface area contributed by atoms with Gasteiger partial charge in [0.25, 0.3) is 6.43 Å². The van der Waals surface area contributed by atoms with Crippen LogP contribution in [-0.4, -0.2) is 13.4 Å². The summed E-state index contributed by atoms with van der Waals surface area (Å²) in [5.74, 6) is 0. The molecule has 1 rings (SSSR count). The van der Waals surface area contributed by atoms with E-state index in [0.717, 1.165) is 6.07 Å². The maximum absolute atomic E-state index is 12.4. The summed E-state index contributed by atoms with van der Waals surface area (Å²) in [6.07, 6.45) is -3.11.